The quantitative estimate of drug-likeness (QED) is 0.558. The van der Waals surface area contributed by atoms with Crippen LogP contribution in [0.25, 0.3) is 22.4 Å². The average Bonchev–Trinajstić information content (AvgIpc) is 2.73. The number of aromatic nitrogens is 4. The molecule has 1 aliphatic heterocycles. The van der Waals surface area contributed by atoms with Gasteiger partial charge in [-0.05, 0) is 35.9 Å². The van der Waals surface area contributed by atoms with Gasteiger partial charge < -0.3 is 4.90 Å². The molecule has 0 amide bonds. The van der Waals surface area contributed by atoms with Crippen LogP contribution in [0.3, 0.4) is 0 Å². The van der Waals surface area contributed by atoms with Crippen LogP contribution in [-0.2, 0) is 13.0 Å². The minimum atomic E-state index is 0.663. The fourth-order valence-corrected chi connectivity index (χ4v) is 3.46. The van der Waals surface area contributed by atoms with E-state index in [1.54, 1.807) is 6.20 Å². The highest BCUT2D eigenvalue weighted by Crippen LogP contribution is 2.30. The summed E-state index contributed by atoms with van der Waals surface area (Å²) in [6, 6.07) is 18.1. The lowest BCUT2D eigenvalue weighted by Gasteiger charge is -2.30. The lowest BCUT2D eigenvalue weighted by molar-refractivity contribution is 0.705. The molecule has 4 heterocycles. The van der Waals surface area contributed by atoms with Gasteiger partial charge >= 0.3 is 0 Å². The maximum Gasteiger partial charge on any atom is 0.180 e. The van der Waals surface area contributed by atoms with Gasteiger partial charge in [-0.1, -0.05) is 24.3 Å². The largest absolute Gasteiger partial charge is 0.351 e. The molecule has 0 atom stereocenters. The van der Waals surface area contributed by atoms with Crippen LogP contribution in [0.5, 0.6) is 0 Å². The summed E-state index contributed by atoms with van der Waals surface area (Å²) in [4.78, 5) is 20.9. The second-order valence-electron chi connectivity index (χ2n) is 6.38. The van der Waals surface area contributed by atoms with Crippen molar-refractivity contribution in [1.82, 2.24) is 19.9 Å². The third kappa shape index (κ3) is 2.58. The summed E-state index contributed by atoms with van der Waals surface area (Å²) >= 11 is 0. The molecule has 1 aliphatic rings. The first kappa shape index (κ1) is 15.0. The van der Waals surface area contributed by atoms with E-state index >= 15 is 0 Å². The molecule has 5 heteroatoms. The summed E-state index contributed by atoms with van der Waals surface area (Å²) in [6.07, 6.45) is 4.57. The average molecular weight is 339 g/mol. The van der Waals surface area contributed by atoms with E-state index in [0.717, 1.165) is 41.9 Å². The van der Waals surface area contributed by atoms with E-state index in [1.165, 1.54) is 11.3 Å². The van der Waals surface area contributed by atoms with Crippen LogP contribution in [0.1, 0.15) is 11.3 Å². The van der Waals surface area contributed by atoms with Gasteiger partial charge in [0.15, 0.2) is 5.82 Å². The summed E-state index contributed by atoms with van der Waals surface area (Å²) in [5.41, 5.74) is 4.18. The van der Waals surface area contributed by atoms with Crippen molar-refractivity contribution in [2.75, 3.05) is 11.4 Å². The third-order valence-corrected chi connectivity index (χ3v) is 4.74. The van der Waals surface area contributed by atoms with Crippen molar-refractivity contribution in [1.29, 1.82) is 0 Å². The van der Waals surface area contributed by atoms with Crippen molar-refractivity contribution >= 4 is 16.7 Å². The van der Waals surface area contributed by atoms with Crippen molar-refractivity contribution < 1.29 is 0 Å². The van der Waals surface area contributed by atoms with Gasteiger partial charge in [0.2, 0.25) is 0 Å². The maximum atomic E-state index is 4.90. The Morgan fingerprint density at radius 3 is 2.62 bits per heavy atom. The number of nitrogens with zero attached hydrogens (tertiary/aromatic N) is 5. The van der Waals surface area contributed by atoms with Crippen LogP contribution in [0, 0.1) is 0 Å². The van der Waals surface area contributed by atoms with Crippen molar-refractivity contribution in [3.05, 3.63) is 78.2 Å². The molecule has 0 aliphatic carbocycles. The molecule has 26 heavy (non-hydrogen) atoms. The first-order chi connectivity index (χ1) is 12.9. The van der Waals surface area contributed by atoms with Crippen LogP contribution in [0.15, 0.2) is 67.0 Å². The Balaban J connectivity index is 1.65. The van der Waals surface area contributed by atoms with Gasteiger partial charge in [0, 0.05) is 43.0 Å². The van der Waals surface area contributed by atoms with Crippen molar-refractivity contribution in [3.63, 3.8) is 0 Å². The van der Waals surface area contributed by atoms with Gasteiger partial charge in [0.1, 0.15) is 11.5 Å². The first-order valence-corrected chi connectivity index (χ1v) is 8.74. The number of hydrogen-bond donors (Lipinski definition) is 0. The second kappa shape index (κ2) is 6.19. The van der Waals surface area contributed by atoms with E-state index in [9.17, 15) is 0 Å². The van der Waals surface area contributed by atoms with E-state index in [4.69, 9.17) is 9.97 Å². The Hall–Kier alpha value is -3.34. The molecule has 5 rings (SSSR count). The first-order valence-electron chi connectivity index (χ1n) is 8.74. The molecule has 126 valence electrons. The third-order valence-electron chi connectivity index (χ3n) is 4.74. The molecule has 3 aromatic heterocycles. The van der Waals surface area contributed by atoms with Crippen LogP contribution in [0.4, 0.5) is 5.82 Å². The Morgan fingerprint density at radius 2 is 1.69 bits per heavy atom. The van der Waals surface area contributed by atoms with E-state index in [2.05, 4.69) is 27.0 Å². The number of fused-ring (bicyclic) bond motifs is 2. The zero-order valence-electron chi connectivity index (χ0n) is 14.2. The minimum Gasteiger partial charge on any atom is -0.351 e. The zero-order valence-corrected chi connectivity index (χ0v) is 14.2. The molecule has 0 fully saturated rings. The number of pyridine rings is 2. The number of benzene rings is 1. The highest BCUT2D eigenvalue weighted by atomic mass is 15.2. The monoisotopic (exact) mass is 339 g/mol. The van der Waals surface area contributed by atoms with E-state index < -0.39 is 0 Å². The van der Waals surface area contributed by atoms with Gasteiger partial charge in [-0.3, -0.25) is 9.97 Å². The van der Waals surface area contributed by atoms with E-state index in [-0.39, 0.29) is 0 Å². The van der Waals surface area contributed by atoms with Crippen LogP contribution >= 0.6 is 0 Å². The molecule has 0 unspecified atom stereocenters. The highest BCUT2D eigenvalue weighted by Gasteiger charge is 2.21. The molecule has 0 saturated carbocycles. The molecule has 4 aromatic rings. The standard InChI is InChI=1S/C21H17N5/c1-2-8-18-16(7-1)21(25-20(24-18)19-9-3-4-11-23-19)26-13-10-17-15(14-26)6-5-12-22-17/h1-9,11-12H,10,13-14H2. The van der Waals surface area contributed by atoms with E-state index in [1.807, 2.05) is 48.7 Å². The zero-order chi connectivity index (χ0) is 17.3. The maximum absolute atomic E-state index is 4.90. The molecular weight excluding hydrogens is 322 g/mol. The fourth-order valence-electron chi connectivity index (χ4n) is 3.46. The normalized spacial score (nSPS) is 13.6. The minimum absolute atomic E-state index is 0.663. The Kier molecular flexibility index (Phi) is 3.56. The molecular formula is C21H17N5. The number of anilines is 1. The molecule has 0 bridgehead atoms. The molecule has 0 spiro atoms. The highest BCUT2D eigenvalue weighted by molar-refractivity contribution is 5.91. The smallest absolute Gasteiger partial charge is 0.180 e. The summed E-state index contributed by atoms with van der Waals surface area (Å²) in [6.45, 7) is 1.71. The Morgan fingerprint density at radius 1 is 0.808 bits per heavy atom. The predicted molar refractivity (Wildman–Crippen MR) is 102 cm³/mol. The van der Waals surface area contributed by atoms with Gasteiger partial charge in [-0.2, -0.15) is 0 Å². The summed E-state index contributed by atoms with van der Waals surface area (Å²) < 4.78 is 0. The van der Waals surface area contributed by atoms with Crippen LogP contribution < -0.4 is 4.90 Å². The van der Waals surface area contributed by atoms with Crippen molar-refractivity contribution in [2.24, 2.45) is 0 Å². The van der Waals surface area contributed by atoms with Gasteiger partial charge in [-0.15, -0.1) is 0 Å². The lowest BCUT2D eigenvalue weighted by Crippen LogP contribution is -2.31. The summed E-state index contributed by atoms with van der Waals surface area (Å²) in [7, 11) is 0. The van der Waals surface area contributed by atoms with Gasteiger partial charge in [0.25, 0.3) is 0 Å². The number of rotatable bonds is 2. The molecule has 5 nitrogen and oxygen atoms in total. The van der Waals surface area contributed by atoms with Crippen molar-refractivity contribution in [3.8, 4) is 11.5 Å². The number of hydrogen-bond acceptors (Lipinski definition) is 5. The second-order valence-corrected chi connectivity index (χ2v) is 6.38. The van der Waals surface area contributed by atoms with E-state index in [0.29, 0.717) is 5.82 Å². The molecule has 0 N–H and O–H groups in total. The van der Waals surface area contributed by atoms with Crippen LogP contribution in [0.2, 0.25) is 0 Å². The molecule has 1 aromatic carbocycles. The number of para-hydroxylation sites is 1. The van der Waals surface area contributed by atoms with Crippen LogP contribution in [-0.4, -0.2) is 26.5 Å². The SMILES string of the molecule is c1ccc(-c2nc(N3CCc4ncccc4C3)c3ccccc3n2)nc1. The fraction of sp³-hybridized carbons (Fsp3) is 0.143. The lowest BCUT2D eigenvalue weighted by atomic mass is 10.1. The molecule has 0 saturated heterocycles. The Bertz CT molecular complexity index is 1080. The predicted octanol–water partition coefficient (Wildman–Crippen LogP) is 3.65. The summed E-state index contributed by atoms with van der Waals surface area (Å²) in [5, 5.41) is 1.07. The van der Waals surface area contributed by atoms with Gasteiger partial charge in [0.05, 0.1) is 5.52 Å². The summed E-state index contributed by atoms with van der Waals surface area (Å²) in [5.74, 6) is 1.63. The topological polar surface area (TPSA) is 54.8 Å². The molecule has 0 radical (unpaired) electrons. The Labute approximate surface area is 151 Å². The van der Waals surface area contributed by atoms with Crippen molar-refractivity contribution in [2.45, 2.75) is 13.0 Å². The van der Waals surface area contributed by atoms with Gasteiger partial charge in [-0.25, -0.2) is 9.97 Å².